The molecule has 5 nitrogen and oxygen atoms in total. The summed E-state index contributed by atoms with van der Waals surface area (Å²) in [5.74, 6) is 0.447. The average Bonchev–Trinajstić information content (AvgIpc) is 3.07. The molecule has 0 aromatic heterocycles. The van der Waals surface area contributed by atoms with Crippen LogP contribution in [0.4, 0.5) is 10.1 Å². The van der Waals surface area contributed by atoms with Crippen LogP contribution < -0.4 is 19.7 Å². The molecular formula is C24H19FN2O3S. The normalized spacial score (nSPS) is 14.6. The predicted molar refractivity (Wildman–Crippen MR) is 121 cm³/mol. The number of amides is 1. The van der Waals surface area contributed by atoms with E-state index in [2.05, 4.69) is 5.32 Å². The van der Waals surface area contributed by atoms with E-state index in [-0.39, 0.29) is 16.8 Å². The highest BCUT2D eigenvalue weighted by molar-refractivity contribution is 7.80. The van der Waals surface area contributed by atoms with Gasteiger partial charge in [-0.25, -0.2) is 4.39 Å². The third-order valence-corrected chi connectivity index (χ3v) is 4.98. The Labute approximate surface area is 184 Å². The van der Waals surface area contributed by atoms with Crippen LogP contribution in [0.25, 0.3) is 6.08 Å². The number of methoxy groups -OCH3 is 1. The second kappa shape index (κ2) is 8.97. The molecule has 4 rings (SSSR count). The zero-order chi connectivity index (χ0) is 21.8. The number of nitrogens with zero attached hydrogens (tertiary/aromatic N) is 1. The first-order valence-corrected chi connectivity index (χ1v) is 9.93. The van der Waals surface area contributed by atoms with Crippen molar-refractivity contribution in [3.63, 3.8) is 0 Å². The molecule has 0 unspecified atom stereocenters. The van der Waals surface area contributed by atoms with E-state index in [0.29, 0.717) is 29.5 Å². The van der Waals surface area contributed by atoms with Gasteiger partial charge in [-0.15, -0.1) is 0 Å². The van der Waals surface area contributed by atoms with Crippen molar-refractivity contribution in [1.29, 1.82) is 0 Å². The van der Waals surface area contributed by atoms with Gasteiger partial charge in [0.1, 0.15) is 18.1 Å². The van der Waals surface area contributed by atoms with E-state index >= 15 is 0 Å². The number of thiocarbonyl (C=S) groups is 1. The molecule has 0 radical (unpaired) electrons. The summed E-state index contributed by atoms with van der Waals surface area (Å²) in [5.41, 5.74) is 2.60. The minimum absolute atomic E-state index is 0.234. The number of benzene rings is 3. The lowest BCUT2D eigenvalue weighted by atomic mass is 10.1. The minimum atomic E-state index is -0.383. The molecule has 0 spiro atoms. The highest BCUT2D eigenvalue weighted by Crippen LogP contribution is 2.30. The van der Waals surface area contributed by atoms with Crippen LogP contribution >= 0.6 is 12.2 Å². The van der Waals surface area contributed by atoms with E-state index in [1.165, 1.54) is 29.2 Å². The molecule has 1 heterocycles. The van der Waals surface area contributed by atoms with Gasteiger partial charge in [0.15, 0.2) is 16.6 Å². The van der Waals surface area contributed by atoms with Gasteiger partial charge in [0, 0.05) is 0 Å². The second-order valence-corrected chi connectivity index (χ2v) is 7.18. The molecule has 1 N–H and O–H groups in total. The van der Waals surface area contributed by atoms with Gasteiger partial charge in [0.2, 0.25) is 0 Å². The molecule has 1 saturated heterocycles. The van der Waals surface area contributed by atoms with E-state index in [1.54, 1.807) is 25.3 Å². The predicted octanol–water partition coefficient (Wildman–Crippen LogP) is 4.68. The number of halogens is 1. The quantitative estimate of drug-likeness (QED) is 0.451. The Kier molecular flexibility index (Phi) is 5.95. The Hall–Kier alpha value is -3.71. The molecule has 1 amide bonds. The van der Waals surface area contributed by atoms with E-state index in [9.17, 15) is 9.18 Å². The second-order valence-electron chi connectivity index (χ2n) is 6.79. The fourth-order valence-electron chi connectivity index (χ4n) is 3.15. The van der Waals surface area contributed by atoms with Crippen molar-refractivity contribution in [1.82, 2.24) is 5.32 Å². The summed E-state index contributed by atoms with van der Waals surface area (Å²) in [6.45, 7) is 0.415. The topological polar surface area (TPSA) is 50.8 Å². The van der Waals surface area contributed by atoms with Crippen LogP contribution in [-0.2, 0) is 11.4 Å². The van der Waals surface area contributed by atoms with Crippen molar-refractivity contribution >= 4 is 35.0 Å². The summed E-state index contributed by atoms with van der Waals surface area (Å²) in [5, 5.41) is 3.15. The zero-order valence-corrected chi connectivity index (χ0v) is 17.5. The third kappa shape index (κ3) is 4.57. The van der Waals surface area contributed by atoms with E-state index in [1.807, 2.05) is 36.4 Å². The van der Waals surface area contributed by atoms with Crippen LogP contribution in [-0.4, -0.2) is 18.1 Å². The highest BCUT2D eigenvalue weighted by Gasteiger charge is 2.32. The van der Waals surface area contributed by atoms with Crippen molar-refractivity contribution in [3.8, 4) is 11.5 Å². The Morgan fingerprint density at radius 1 is 1.03 bits per heavy atom. The van der Waals surface area contributed by atoms with Crippen LogP contribution in [0.1, 0.15) is 11.1 Å². The van der Waals surface area contributed by atoms with Crippen molar-refractivity contribution in [2.75, 3.05) is 12.0 Å². The number of anilines is 1. The molecule has 3 aromatic rings. The molecule has 7 heteroatoms. The van der Waals surface area contributed by atoms with Crippen LogP contribution in [0.2, 0.25) is 0 Å². The molecule has 156 valence electrons. The fraction of sp³-hybridized carbons (Fsp3) is 0.0833. The van der Waals surface area contributed by atoms with Gasteiger partial charge in [0.05, 0.1) is 12.8 Å². The van der Waals surface area contributed by atoms with Crippen molar-refractivity contribution in [2.45, 2.75) is 6.61 Å². The standard InChI is InChI=1S/C24H19FN2O3S/c1-29-22-14-17(7-12-21(22)30-15-16-5-3-2-4-6-16)13-20-23(28)27(24(31)26-20)19-10-8-18(25)9-11-19/h2-14H,15H2,1H3,(H,26,31). The Balaban J connectivity index is 1.53. The zero-order valence-electron chi connectivity index (χ0n) is 16.7. The van der Waals surface area contributed by atoms with Crippen LogP contribution in [0.15, 0.2) is 78.5 Å². The third-order valence-electron chi connectivity index (χ3n) is 4.70. The van der Waals surface area contributed by atoms with Gasteiger partial charge in [-0.1, -0.05) is 36.4 Å². The summed E-state index contributed by atoms with van der Waals surface area (Å²) in [4.78, 5) is 14.2. The number of carbonyl (C=O) groups is 1. The van der Waals surface area contributed by atoms with Crippen molar-refractivity contribution in [3.05, 3.63) is 95.4 Å². The maximum Gasteiger partial charge on any atom is 0.281 e. The lowest BCUT2D eigenvalue weighted by molar-refractivity contribution is -0.113. The molecule has 0 bridgehead atoms. The highest BCUT2D eigenvalue weighted by atomic mass is 32.1. The summed E-state index contributed by atoms with van der Waals surface area (Å²) in [6, 6.07) is 20.8. The van der Waals surface area contributed by atoms with Crippen LogP contribution in [0.5, 0.6) is 11.5 Å². The molecule has 0 saturated carbocycles. The molecule has 31 heavy (non-hydrogen) atoms. The Morgan fingerprint density at radius 2 is 1.77 bits per heavy atom. The molecule has 0 aliphatic carbocycles. The first-order chi connectivity index (χ1) is 15.0. The SMILES string of the molecule is COc1cc(C=C2NC(=S)N(c3ccc(F)cc3)C2=O)ccc1OCc1ccccc1. The lowest BCUT2D eigenvalue weighted by Gasteiger charge is -2.13. The van der Waals surface area contributed by atoms with Crippen LogP contribution in [0, 0.1) is 5.82 Å². The molecule has 1 aliphatic rings. The molecule has 3 aromatic carbocycles. The van der Waals surface area contributed by atoms with Crippen molar-refractivity contribution < 1.29 is 18.7 Å². The van der Waals surface area contributed by atoms with Gasteiger partial charge in [-0.05, 0) is 65.8 Å². The average molecular weight is 434 g/mol. The van der Waals surface area contributed by atoms with Gasteiger partial charge in [-0.3, -0.25) is 9.69 Å². The number of carbonyl (C=O) groups excluding carboxylic acids is 1. The number of hydrogen-bond donors (Lipinski definition) is 1. The molecule has 0 atom stereocenters. The first-order valence-electron chi connectivity index (χ1n) is 9.52. The fourth-order valence-corrected chi connectivity index (χ4v) is 3.45. The molecular weight excluding hydrogens is 415 g/mol. The summed E-state index contributed by atoms with van der Waals surface area (Å²) in [7, 11) is 1.56. The smallest absolute Gasteiger partial charge is 0.281 e. The lowest BCUT2D eigenvalue weighted by Crippen LogP contribution is -2.30. The Bertz CT molecular complexity index is 1150. The number of hydrogen-bond acceptors (Lipinski definition) is 4. The van der Waals surface area contributed by atoms with E-state index in [4.69, 9.17) is 21.7 Å². The maximum atomic E-state index is 13.2. The van der Waals surface area contributed by atoms with Gasteiger partial charge in [-0.2, -0.15) is 0 Å². The summed E-state index contributed by atoms with van der Waals surface area (Å²) in [6.07, 6.45) is 1.68. The van der Waals surface area contributed by atoms with Crippen molar-refractivity contribution in [2.24, 2.45) is 0 Å². The number of rotatable bonds is 6. The van der Waals surface area contributed by atoms with Gasteiger partial charge >= 0.3 is 0 Å². The number of ether oxygens (including phenoxy) is 2. The summed E-state index contributed by atoms with van der Waals surface area (Å²) >= 11 is 5.29. The first kappa shape index (κ1) is 20.6. The molecule has 1 aliphatic heterocycles. The maximum absolute atomic E-state index is 13.2. The van der Waals surface area contributed by atoms with Gasteiger partial charge < -0.3 is 14.8 Å². The minimum Gasteiger partial charge on any atom is -0.493 e. The number of nitrogens with one attached hydrogen (secondary N) is 1. The Morgan fingerprint density at radius 3 is 2.48 bits per heavy atom. The summed E-state index contributed by atoms with van der Waals surface area (Å²) < 4.78 is 24.5. The van der Waals surface area contributed by atoms with E-state index < -0.39 is 0 Å². The molecule has 1 fully saturated rings. The van der Waals surface area contributed by atoms with Gasteiger partial charge in [0.25, 0.3) is 5.91 Å². The monoisotopic (exact) mass is 434 g/mol. The van der Waals surface area contributed by atoms with E-state index in [0.717, 1.165) is 11.1 Å². The largest absolute Gasteiger partial charge is 0.493 e. The van der Waals surface area contributed by atoms with Crippen LogP contribution in [0.3, 0.4) is 0 Å².